The minimum atomic E-state index is -0.319. The highest BCUT2D eigenvalue weighted by Crippen LogP contribution is 2.23. The quantitative estimate of drug-likeness (QED) is 0.782. The molecule has 0 aliphatic carbocycles. The van der Waals surface area contributed by atoms with Crippen LogP contribution in [0.3, 0.4) is 0 Å². The minimum Gasteiger partial charge on any atom is -0.336 e. The molecular formula is C18H18N4O3. The molecule has 2 aliphatic rings. The summed E-state index contributed by atoms with van der Waals surface area (Å²) in [6.45, 7) is 1.25. The Labute approximate surface area is 144 Å². The smallest absolute Gasteiger partial charge is 0.261 e. The molecule has 0 spiro atoms. The maximum Gasteiger partial charge on any atom is 0.261 e. The Morgan fingerprint density at radius 3 is 2.52 bits per heavy atom. The van der Waals surface area contributed by atoms with E-state index in [1.54, 1.807) is 35.5 Å². The zero-order valence-electron chi connectivity index (χ0n) is 13.9. The van der Waals surface area contributed by atoms with Crippen LogP contribution in [0, 0.1) is 0 Å². The number of amides is 3. The topological polar surface area (TPSA) is 75.5 Å². The van der Waals surface area contributed by atoms with Crippen molar-refractivity contribution in [2.24, 2.45) is 7.05 Å². The molecule has 7 nitrogen and oxygen atoms in total. The van der Waals surface area contributed by atoms with Gasteiger partial charge in [0.1, 0.15) is 0 Å². The zero-order chi connectivity index (χ0) is 17.6. The lowest BCUT2D eigenvalue weighted by molar-refractivity contribution is -0.132. The maximum absolute atomic E-state index is 12.5. The van der Waals surface area contributed by atoms with Gasteiger partial charge >= 0.3 is 0 Å². The summed E-state index contributed by atoms with van der Waals surface area (Å²) in [7, 11) is 1.92. The standard InChI is InChI=1S/C18H18N4O3/c1-20-11-19-14-6-8-21(10-15(14)20)16(23)7-9-22-17(24)12-4-2-3-5-13(12)18(22)25/h2-5,11H,6-10H2,1H3. The van der Waals surface area contributed by atoms with Crippen molar-refractivity contribution in [2.45, 2.75) is 19.4 Å². The van der Waals surface area contributed by atoms with E-state index >= 15 is 0 Å². The highest BCUT2D eigenvalue weighted by molar-refractivity contribution is 6.21. The van der Waals surface area contributed by atoms with Crippen molar-refractivity contribution in [1.29, 1.82) is 0 Å². The highest BCUT2D eigenvalue weighted by Gasteiger charge is 2.35. The van der Waals surface area contributed by atoms with E-state index in [1.165, 1.54) is 4.90 Å². The Morgan fingerprint density at radius 2 is 1.84 bits per heavy atom. The Kier molecular flexibility index (Phi) is 3.63. The lowest BCUT2D eigenvalue weighted by Crippen LogP contribution is -2.39. The van der Waals surface area contributed by atoms with Gasteiger partial charge < -0.3 is 9.47 Å². The monoisotopic (exact) mass is 338 g/mol. The number of aromatic nitrogens is 2. The molecule has 0 saturated carbocycles. The van der Waals surface area contributed by atoms with Gasteiger partial charge in [-0.15, -0.1) is 0 Å². The Hall–Kier alpha value is -2.96. The van der Waals surface area contributed by atoms with Crippen molar-refractivity contribution in [1.82, 2.24) is 19.4 Å². The molecule has 0 N–H and O–H groups in total. The molecule has 4 rings (SSSR count). The Morgan fingerprint density at radius 1 is 1.16 bits per heavy atom. The molecule has 0 atom stereocenters. The van der Waals surface area contributed by atoms with Gasteiger partial charge in [0, 0.05) is 33.0 Å². The van der Waals surface area contributed by atoms with Crippen molar-refractivity contribution in [2.75, 3.05) is 13.1 Å². The number of fused-ring (bicyclic) bond motifs is 2. The van der Waals surface area contributed by atoms with Crippen LogP contribution in [-0.4, -0.2) is 50.2 Å². The number of benzene rings is 1. The van der Waals surface area contributed by atoms with Crippen molar-refractivity contribution in [3.63, 3.8) is 0 Å². The minimum absolute atomic E-state index is 0.0524. The average molecular weight is 338 g/mol. The van der Waals surface area contributed by atoms with Gasteiger partial charge in [-0.2, -0.15) is 0 Å². The molecular weight excluding hydrogens is 320 g/mol. The highest BCUT2D eigenvalue weighted by atomic mass is 16.2. The molecule has 128 valence electrons. The van der Waals surface area contributed by atoms with Gasteiger partial charge in [-0.05, 0) is 12.1 Å². The summed E-state index contributed by atoms with van der Waals surface area (Å²) in [5.74, 6) is -0.690. The fraction of sp³-hybridized carbons (Fsp3) is 0.333. The van der Waals surface area contributed by atoms with Crippen LogP contribution < -0.4 is 0 Å². The molecule has 0 radical (unpaired) electrons. The summed E-state index contributed by atoms with van der Waals surface area (Å²) in [5, 5.41) is 0. The largest absolute Gasteiger partial charge is 0.336 e. The Balaban J connectivity index is 1.41. The summed E-state index contributed by atoms with van der Waals surface area (Å²) in [6, 6.07) is 6.76. The molecule has 2 aliphatic heterocycles. The van der Waals surface area contributed by atoms with Crippen molar-refractivity contribution >= 4 is 17.7 Å². The molecule has 0 unspecified atom stereocenters. The molecule has 3 amide bonds. The summed E-state index contributed by atoms with van der Waals surface area (Å²) >= 11 is 0. The van der Waals surface area contributed by atoms with Crippen LogP contribution in [-0.2, 0) is 24.8 Å². The van der Waals surface area contributed by atoms with Crippen LogP contribution >= 0.6 is 0 Å². The third-order valence-electron chi connectivity index (χ3n) is 4.88. The zero-order valence-corrected chi connectivity index (χ0v) is 13.9. The van der Waals surface area contributed by atoms with E-state index in [9.17, 15) is 14.4 Å². The first-order chi connectivity index (χ1) is 12.1. The van der Waals surface area contributed by atoms with E-state index in [4.69, 9.17) is 0 Å². The van der Waals surface area contributed by atoms with Crippen LogP contribution in [0.15, 0.2) is 30.6 Å². The van der Waals surface area contributed by atoms with Crippen molar-refractivity contribution in [3.8, 4) is 0 Å². The van der Waals surface area contributed by atoms with E-state index in [2.05, 4.69) is 4.98 Å². The summed E-state index contributed by atoms with van der Waals surface area (Å²) in [6.07, 6.45) is 2.63. The molecule has 0 bridgehead atoms. The van der Waals surface area contributed by atoms with Gasteiger partial charge in [-0.25, -0.2) is 4.98 Å². The first kappa shape index (κ1) is 15.6. The predicted molar refractivity (Wildman–Crippen MR) is 88.8 cm³/mol. The van der Waals surface area contributed by atoms with Crippen LogP contribution in [0.4, 0.5) is 0 Å². The normalized spacial score (nSPS) is 16.2. The molecule has 0 saturated heterocycles. The molecule has 7 heteroatoms. The molecule has 3 heterocycles. The number of imide groups is 1. The van der Waals surface area contributed by atoms with Gasteiger partial charge in [-0.1, -0.05) is 12.1 Å². The lowest BCUT2D eigenvalue weighted by Gasteiger charge is -2.27. The second kappa shape index (κ2) is 5.84. The summed E-state index contributed by atoms with van der Waals surface area (Å²) in [4.78, 5) is 44.5. The van der Waals surface area contributed by atoms with Crippen molar-refractivity contribution < 1.29 is 14.4 Å². The molecule has 2 aromatic rings. The molecule has 0 fully saturated rings. The number of carbonyl (C=O) groups is 3. The number of aryl methyl sites for hydroxylation is 1. The number of hydrogen-bond donors (Lipinski definition) is 0. The van der Waals surface area contributed by atoms with E-state index in [1.807, 2.05) is 11.6 Å². The predicted octanol–water partition coefficient (Wildman–Crippen LogP) is 0.991. The first-order valence-corrected chi connectivity index (χ1v) is 8.28. The second-order valence-corrected chi connectivity index (χ2v) is 6.37. The third-order valence-corrected chi connectivity index (χ3v) is 4.88. The number of carbonyl (C=O) groups excluding carboxylic acids is 3. The number of rotatable bonds is 3. The summed E-state index contributed by atoms with van der Waals surface area (Å²) in [5.41, 5.74) is 2.90. The average Bonchev–Trinajstić information content (AvgIpc) is 3.12. The van der Waals surface area contributed by atoms with Gasteiger partial charge in [0.2, 0.25) is 5.91 Å². The third kappa shape index (κ3) is 2.52. The van der Waals surface area contributed by atoms with E-state index < -0.39 is 0 Å². The lowest BCUT2D eigenvalue weighted by atomic mass is 10.1. The second-order valence-electron chi connectivity index (χ2n) is 6.37. The SMILES string of the molecule is Cn1cnc2c1CN(C(=O)CCN1C(=O)c3ccccc3C1=O)CC2. The van der Waals surface area contributed by atoms with Gasteiger partial charge in [0.15, 0.2) is 0 Å². The van der Waals surface area contributed by atoms with Crippen LogP contribution in [0.5, 0.6) is 0 Å². The first-order valence-electron chi connectivity index (χ1n) is 8.28. The number of hydrogen-bond acceptors (Lipinski definition) is 4. The van der Waals surface area contributed by atoms with E-state index in [0.717, 1.165) is 17.8 Å². The van der Waals surface area contributed by atoms with Gasteiger partial charge in [0.25, 0.3) is 11.8 Å². The van der Waals surface area contributed by atoms with E-state index in [-0.39, 0.29) is 30.7 Å². The molecule has 25 heavy (non-hydrogen) atoms. The number of nitrogens with zero attached hydrogens (tertiary/aromatic N) is 4. The fourth-order valence-corrected chi connectivity index (χ4v) is 3.44. The van der Waals surface area contributed by atoms with Crippen LogP contribution in [0.1, 0.15) is 38.5 Å². The summed E-state index contributed by atoms with van der Waals surface area (Å²) < 4.78 is 1.93. The van der Waals surface area contributed by atoms with Gasteiger partial charge in [0.05, 0.1) is 35.4 Å². The van der Waals surface area contributed by atoms with Crippen LogP contribution in [0.25, 0.3) is 0 Å². The number of imidazole rings is 1. The molecule has 1 aromatic heterocycles. The fourth-order valence-electron chi connectivity index (χ4n) is 3.44. The van der Waals surface area contributed by atoms with E-state index in [0.29, 0.717) is 24.2 Å². The van der Waals surface area contributed by atoms with Crippen LogP contribution in [0.2, 0.25) is 0 Å². The Bertz CT molecular complexity index is 851. The van der Waals surface area contributed by atoms with Crippen molar-refractivity contribution in [3.05, 3.63) is 53.1 Å². The molecule has 1 aromatic carbocycles. The maximum atomic E-state index is 12.5. The van der Waals surface area contributed by atoms with Gasteiger partial charge in [-0.3, -0.25) is 19.3 Å².